The molecule has 1 aromatic carbocycles. The van der Waals surface area contributed by atoms with E-state index in [0.717, 1.165) is 0 Å². The number of ether oxygens (including phenoxy) is 1. The van der Waals surface area contributed by atoms with Gasteiger partial charge in [0.2, 0.25) is 0 Å². The van der Waals surface area contributed by atoms with Gasteiger partial charge in [-0.15, -0.1) is 12.4 Å². The van der Waals surface area contributed by atoms with E-state index in [4.69, 9.17) is 17.3 Å². The minimum atomic E-state index is -0.717. The van der Waals surface area contributed by atoms with Crippen molar-refractivity contribution >= 4 is 41.6 Å². The molecular formula is C13H18Cl2N2O3. The van der Waals surface area contributed by atoms with Crippen molar-refractivity contribution in [3.8, 4) is 0 Å². The van der Waals surface area contributed by atoms with Crippen molar-refractivity contribution in [2.45, 2.75) is 19.9 Å². The third-order valence-electron chi connectivity index (χ3n) is 2.65. The number of methoxy groups -OCH3 is 1. The molecule has 0 aliphatic rings. The standard InChI is InChI=1S/C13H17ClN2O3.ClH/c1-7(2)11(13(18)19-3)16-12(17)9-5-4-8(15)6-10(9)14;/h4-7,11H,15H2,1-3H3,(H,16,17);1H. The van der Waals surface area contributed by atoms with Gasteiger partial charge in [-0.05, 0) is 24.1 Å². The second-order valence-corrected chi connectivity index (χ2v) is 4.86. The lowest BCUT2D eigenvalue weighted by Gasteiger charge is -2.20. The van der Waals surface area contributed by atoms with Gasteiger partial charge in [-0.2, -0.15) is 0 Å². The minimum absolute atomic E-state index is 0. The first-order valence-corrected chi connectivity index (χ1v) is 6.18. The number of carbonyl (C=O) groups is 2. The Bertz CT molecular complexity index is 493. The highest BCUT2D eigenvalue weighted by Crippen LogP contribution is 2.19. The maximum Gasteiger partial charge on any atom is 0.328 e. The van der Waals surface area contributed by atoms with Crippen LogP contribution in [0, 0.1) is 5.92 Å². The highest BCUT2D eigenvalue weighted by Gasteiger charge is 2.26. The van der Waals surface area contributed by atoms with Crippen LogP contribution in [0.25, 0.3) is 0 Å². The lowest BCUT2D eigenvalue weighted by molar-refractivity contribution is -0.144. The average Bonchev–Trinajstić information content (AvgIpc) is 2.34. The van der Waals surface area contributed by atoms with Gasteiger partial charge in [0.05, 0.1) is 17.7 Å². The highest BCUT2D eigenvalue weighted by atomic mass is 35.5. The van der Waals surface area contributed by atoms with E-state index >= 15 is 0 Å². The summed E-state index contributed by atoms with van der Waals surface area (Å²) >= 11 is 5.94. The summed E-state index contributed by atoms with van der Waals surface area (Å²) in [4.78, 5) is 23.6. The summed E-state index contributed by atoms with van der Waals surface area (Å²) in [5, 5.41) is 2.85. The molecule has 3 N–H and O–H groups in total. The number of nitrogens with one attached hydrogen (secondary N) is 1. The van der Waals surface area contributed by atoms with E-state index in [1.54, 1.807) is 6.07 Å². The van der Waals surface area contributed by atoms with Gasteiger partial charge >= 0.3 is 5.97 Å². The van der Waals surface area contributed by atoms with E-state index in [-0.39, 0.29) is 28.9 Å². The Morgan fingerprint density at radius 1 is 1.35 bits per heavy atom. The Hall–Kier alpha value is -1.46. The molecule has 1 unspecified atom stereocenters. The van der Waals surface area contributed by atoms with Crippen molar-refractivity contribution in [3.63, 3.8) is 0 Å². The fraction of sp³-hybridized carbons (Fsp3) is 0.385. The molecule has 0 radical (unpaired) electrons. The van der Waals surface area contributed by atoms with Gasteiger partial charge in [0.1, 0.15) is 6.04 Å². The third kappa shape index (κ3) is 4.58. The Kier molecular flexibility index (Phi) is 7.39. The van der Waals surface area contributed by atoms with Crippen molar-refractivity contribution in [3.05, 3.63) is 28.8 Å². The molecule has 0 aliphatic carbocycles. The number of benzene rings is 1. The first kappa shape index (κ1) is 18.5. The van der Waals surface area contributed by atoms with Crippen molar-refractivity contribution in [2.75, 3.05) is 12.8 Å². The molecule has 1 atom stereocenters. The summed E-state index contributed by atoms with van der Waals surface area (Å²) in [6, 6.07) is 3.86. The Morgan fingerprint density at radius 3 is 2.40 bits per heavy atom. The van der Waals surface area contributed by atoms with Crippen LogP contribution < -0.4 is 11.1 Å². The molecule has 1 aromatic rings. The number of nitrogens with two attached hydrogens (primary N) is 1. The molecule has 0 bridgehead atoms. The fourth-order valence-corrected chi connectivity index (χ4v) is 1.83. The van der Waals surface area contributed by atoms with Gasteiger partial charge in [0.25, 0.3) is 5.91 Å². The first-order chi connectivity index (χ1) is 8.86. The number of rotatable bonds is 4. The summed E-state index contributed by atoms with van der Waals surface area (Å²) in [6.07, 6.45) is 0. The van der Waals surface area contributed by atoms with Gasteiger partial charge in [0.15, 0.2) is 0 Å². The van der Waals surface area contributed by atoms with E-state index in [2.05, 4.69) is 10.1 Å². The third-order valence-corrected chi connectivity index (χ3v) is 2.96. The number of halogens is 2. The molecule has 7 heteroatoms. The maximum absolute atomic E-state index is 12.1. The maximum atomic E-state index is 12.1. The molecule has 0 saturated heterocycles. The predicted molar refractivity (Wildman–Crippen MR) is 81.2 cm³/mol. The topological polar surface area (TPSA) is 81.4 Å². The highest BCUT2D eigenvalue weighted by molar-refractivity contribution is 6.34. The first-order valence-electron chi connectivity index (χ1n) is 5.80. The smallest absolute Gasteiger partial charge is 0.328 e. The van der Waals surface area contributed by atoms with Crippen LogP contribution >= 0.6 is 24.0 Å². The van der Waals surface area contributed by atoms with Crippen LogP contribution in [0.15, 0.2) is 18.2 Å². The van der Waals surface area contributed by atoms with Gasteiger partial charge in [-0.1, -0.05) is 25.4 Å². The van der Waals surface area contributed by atoms with Crippen LogP contribution in [0.2, 0.25) is 5.02 Å². The van der Waals surface area contributed by atoms with E-state index in [1.807, 2.05) is 13.8 Å². The van der Waals surface area contributed by atoms with E-state index in [0.29, 0.717) is 5.69 Å². The normalized spacial score (nSPS) is 11.4. The van der Waals surface area contributed by atoms with E-state index in [9.17, 15) is 9.59 Å². The van der Waals surface area contributed by atoms with Crippen molar-refractivity contribution in [2.24, 2.45) is 5.92 Å². The molecule has 20 heavy (non-hydrogen) atoms. The average molecular weight is 321 g/mol. The van der Waals surface area contributed by atoms with Gasteiger partial charge < -0.3 is 15.8 Å². The van der Waals surface area contributed by atoms with Crippen LogP contribution in [-0.4, -0.2) is 25.0 Å². The Balaban J connectivity index is 0.00000361. The lowest BCUT2D eigenvalue weighted by Crippen LogP contribution is -2.45. The van der Waals surface area contributed by atoms with Crippen LogP contribution in [0.4, 0.5) is 5.69 Å². The molecule has 112 valence electrons. The molecular weight excluding hydrogens is 303 g/mol. The van der Waals surface area contributed by atoms with Crippen LogP contribution in [0.5, 0.6) is 0 Å². The number of carbonyl (C=O) groups excluding carboxylic acids is 2. The molecule has 0 fully saturated rings. The Morgan fingerprint density at radius 2 is 1.95 bits per heavy atom. The molecule has 5 nitrogen and oxygen atoms in total. The zero-order valence-electron chi connectivity index (χ0n) is 11.5. The number of nitrogen functional groups attached to an aromatic ring is 1. The van der Waals surface area contributed by atoms with Crippen molar-refractivity contribution < 1.29 is 14.3 Å². The molecule has 0 saturated carbocycles. The van der Waals surface area contributed by atoms with Gasteiger partial charge in [-0.25, -0.2) is 4.79 Å². The second-order valence-electron chi connectivity index (χ2n) is 4.46. The largest absolute Gasteiger partial charge is 0.467 e. The fourth-order valence-electron chi connectivity index (χ4n) is 1.56. The molecule has 1 amide bonds. The summed E-state index contributed by atoms with van der Waals surface area (Å²) in [5.41, 5.74) is 6.29. The van der Waals surface area contributed by atoms with E-state index in [1.165, 1.54) is 19.2 Å². The minimum Gasteiger partial charge on any atom is -0.467 e. The zero-order valence-corrected chi connectivity index (χ0v) is 13.0. The summed E-state index contributed by atoms with van der Waals surface area (Å²) < 4.78 is 4.65. The van der Waals surface area contributed by atoms with Crippen LogP contribution in [0.1, 0.15) is 24.2 Å². The van der Waals surface area contributed by atoms with Gasteiger partial charge in [0, 0.05) is 5.69 Å². The number of hydrogen-bond acceptors (Lipinski definition) is 4. The van der Waals surface area contributed by atoms with Crippen LogP contribution in [-0.2, 0) is 9.53 Å². The number of esters is 1. The number of anilines is 1. The lowest BCUT2D eigenvalue weighted by atomic mass is 10.0. The monoisotopic (exact) mass is 320 g/mol. The Labute approximate surface area is 129 Å². The summed E-state index contributed by atoms with van der Waals surface area (Å²) in [5.74, 6) is -1.02. The SMILES string of the molecule is COC(=O)C(NC(=O)c1ccc(N)cc1Cl)C(C)C.Cl. The summed E-state index contributed by atoms with van der Waals surface area (Å²) in [6.45, 7) is 3.62. The molecule has 1 rings (SSSR count). The quantitative estimate of drug-likeness (QED) is 0.658. The predicted octanol–water partition coefficient (Wildman–Crippen LogP) is 2.27. The van der Waals surface area contributed by atoms with Crippen LogP contribution in [0.3, 0.4) is 0 Å². The molecule has 0 spiro atoms. The zero-order chi connectivity index (χ0) is 14.6. The number of amides is 1. The summed E-state index contributed by atoms with van der Waals surface area (Å²) in [7, 11) is 1.28. The number of hydrogen-bond donors (Lipinski definition) is 2. The second kappa shape index (κ2) is 7.97. The molecule has 0 heterocycles. The van der Waals surface area contributed by atoms with E-state index < -0.39 is 17.9 Å². The molecule has 0 aromatic heterocycles. The van der Waals surface area contributed by atoms with Crippen molar-refractivity contribution in [1.29, 1.82) is 0 Å². The van der Waals surface area contributed by atoms with Gasteiger partial charge in [-0.3, -0.25) is 4.79 Å². The molecule has 0 aliphatic heterocycles. The van der Waals surface area contributed by atoms with Crippen molar-refractivity contribution in [1.82, 2.24) is 5.32 Å².